The monoisotopic (exact) mass is 391 g/mol. The number of hydrogen-bond donors (Lipinski definition) is 1. The van der Waals surface area contributed by atoms with Gasteiger partial charge in [0.25, 0.3) is 5.78 Å². The third-order valence-electron chi connectivity index (χ3n) is 4.61. The van der Waals surface area contributed by atoms with Gasteiger partial charge < -0.3 is 5.11 Å². The predicted molar refractivity (Wildman–Crippen MR) is 107 cm³/mol. The van der Waals surface area contributed by atoms with E-state index in [4.69, 9.17) is 0 Å². The quantitative estimate of drug-likeness (QED) is 0.417. The fourth-order valence-corrected chi connectivity index (χ4v) is 3.94. The summed E-state index contributed by atoms with van der Waals surface area (Å²) < 4.78 is 0. The van der Waals surface area contributed by atoms with E-state index in [1.807, 2.05) is 37.3 Å². The van der Waals surface area contributed by atoms with Crippen molar-refractivity contribution in [3.05, 3.63) is 81.9 Å². The van der Waals surface area contributed by atoms with Crippen LogP contribution >= 0.6 is 11.3 Å². The van der Waals surface area contributed by atoms with Crippen molar-refractivity contribution in [2.75, 3.05) is 4.90 Å². The molecular weight excluding hydrogens is 374 g/mol. The summed E-state index contributed by atoms with van der Waals surface area (Å²) in [6, 6.07) is 15.5. The molecule has 1 N–H and O–H groups in total. The molecule has 1 saturated heterocycles. The third-order valence-corrected chi connectivity index (χ3v) is 5.44. The summed E-state index contributed by atoms with van der Waals surface area (Å²) in [5.41, 5.74) is 2.30. The first-order chi connectivity index (χ1) is 13.5. The lowest BCUT2D eigenvalue weighted by Gasteiger charge is -2.22. The molecule has 2 aromatic carbocycles. The molecule has 0 radical (unpaired) electrons. The molecule has 7 heteroatoms. The van der Waals surface area contributed by atoms with E-state index in [2.05, 4.69) is 10.2 Å². The summed E-state index contributed by atoms with van der Waals surface area (Å²) >= 11 is 1.23. The second-order valence-corrected chi connectivity index (χ2v) is 7.71. The van der Waals surface area contributed by atoms with Crippen molar-refractivity contribution in [1.29, 1.82) is 0 Å². The van der Waals surface area contributed by atoms with Crippen LogP contribution in [0.15, 0.2) is 60.2 Å². The molecule has 1 aromatic heterocycles. The maximum Gasteiger partial charge on any atom is 0.301 e. The van der Waals surface area contributed by atoms with Crippen LogP contribution in [0.3, 0.4) is 0 Å². The zero-order valence-electron chi connectivity index (χ0n) is 15.3. The van der Waals surface area contributed by atoms with Gasteiger partial charge >= 0.3 is 5.91 Å². The molecule has 0 saturated carbocycles. The van der Waals surface area contributed by atoms with Crippen molar-refractivity contribution in [2.24, 2.45) is 0 Å². The van der Waals surface area contributed by atoms with Crippen LogP contribution in [0.25, 0.3) is 5.76 Å². The molecule has 3 aromatic rings. The molecule has 1 amide bonds. The van der Waals surface area contributed by atoms with E-state index in [1.165, 1.54) is 16.2 Å². The van der Waals surface area contributed by atoms with E-state index in [0.717, 1.165) is 11.1 Å². The number of aromatic nitrogens is 2. The Morgan fingerprint density at radius 3 is 2.29 bits per heavy atom. The Morgan fingerprint density at radius 1 is 1.00 bits per heavy atom. The number of hydrogen-bond acceptors (Lipinski definition) is 6. The minimum absolute atomic E-state index is 0.0490. The van der Waals surface area contributed by atoms with Gasteiger partial charge in [0.15, 0.2) is 0 Å². The van der Waals surface area contributed by atoms with E-state index >= 15 is 0 Å². The molecule has 0 bridgehead atoms. The topological polar surface area (TPSA) is 83.4 Å². The number of benzene rings is 2. The molecule has 28 heavy (non-hydrogen) atoms. The molecule has 1 aliphatic heterocycles. The number of ketones is 1. The number of carbonyl (C=O) groups is 2. The fourth-order valence-electron chi connectivity index (χ4n) is 3.23. The summed E-state index contributed by atoms with van der Waals surface area (Å²) in [6.45, 7) is 3.74. The lowest BCUT2D eigenvalue weighted by Crippen LogP contribution is -2.29. The Hall–Kier alpha value is -3.32. The molecule has 0 unspecified atom stereocenters. The SMILES string of the molecule is Cc1ccc([C@H]2C(=C(O)c3ccccc3)C(=O)C(=O)N2c2nnc(C)s2)cc1. The van der Waals surface area contributed by atoms with Gasteiger partial charge in [-0.05, 0) is 19.4 Å². The van der Waals surface area contributed by atoms with Crippen LogP contribution in [0.2, 0.25) is 0 Å². The molecule has 4 rings (SSSR count). The molecular formula is C21H17N3O3S. The molecule has 6 nitrogen and oxygen atoms in total. The Kier molecular flexibility index (Phi) is 4.52. The Bertz CT molecular complexity index is 1090. The smallest absolute Gasteiger partial charge is 0.301 e. The number of aliphatic hydroxyl groups excluding tert-OH is 1. The lowest BCUT2D eigenvalue weighted by molar-refractivity contribution is -0.132. The van der Waals surface area contributed by atoms with E-state index in [0.29, 0.717) is 15.7 Å². The summed E-state index contributed by atoms with van der Waals surface area (Å²) in [4.78, 5) is 27.1. The van der Waals surface area contributed by atoms with Crippen LogP contribution in [0.5, 0.6) is 0 Å². The minimum Gasteiger partial charge on any atom is -0.507 e. The minimum atomic E-state index is -0.770. The molecule has 2 heterocycles. The van der Waals surface area contributed by atoms with Crippen LogP contribution in [-0.2, 0) is 9.59 Å². The Balaban J connectivity index is 1.94. The van der Waals surface area contributed by atoms with Gasteiger partial charge in [-0.15, -0.1) is 10.2 Å². The molecule has 0 spiro atoms. The van der Waals surface area contributed by atoms with Crippen LogP contribution in [0.1, 0.15) is 27.7 Å². The summed E-state index contributed by atoms with van der Waals surface area (Å²) in [5, 5.41) is 20.0. The maximum absolute atomic E-state index is 12.9. The average molecular weight is 391 g/mol. The zero-order chi connectivity index (χ0) is 19.8. The van der Waals surface area contributed by atoms with Crippen molar-refractivity contribution in [3.63, 3.8) is 0 Å². The standard InChI is InChI=1S/C21H17N3O3S/c1-12-8-10-14(11-9-12)17-16(18(25)15-6-4-3-5-7-15)19(26)20(27)24(17)21-23-22-13(2)28-21/h3-11,17,25H,1-2H3/t17-/m0/s1. The number of nitrogens with zero attached hydrogens (tertiary/aromatic N) is 3. The van der Waals surface area contributed by atoms with E-state index in [-0.39, 0.29) is 11.3 Å². The average Bonchev–Trinajstić information content (AvgIpc) is 3.24. The highest BCUT2D eigenvalue weighted by atomic mass is 32.1. The highest BCUT2D eigenvalue weighted by Gasteiger charge is 2.48. The van der Waals surface area contributed by atoms with Gasteiger partial charge in [-0.25, -0.2) is 0 Å². The zero-order valence-corrected chi connectivity index (χ0v) is 16.1. The largest absolute Gasteiger partial charge is 0.507 e. The van der Waals surface area contributed by atoms with Crippen molar-refractivity contribution in [3.8, 4) is 0 Å². The number of carbonyl (C=O) groups excluding carboxylic acids is 2. The number of aliphatic hydroxyl groups is 1. The van der Waals surface area contributed by atoms with Crippen molar-refractivity contribution >= 4 is 33.9 Å². The summed E-state index contributed by atoms with van der Waals surface area (Å²) in [6.07, 6.45) is 0. The number of anilines is 1. The Morgan fingerprint density at radius 2 is 1.68 bits per heavy atom. The molecule has 1 fully saturated rings. The van der Waals surface area contributed by atoms with Gasteiger partial charge in [-0.2, -0.15) is 0 Å². The number of rotatable bonds is 3. The van der Waals surface area contributed by atoms with Crippen LogP contribution in [-0.4, -0.2) is 27.0 Å². The van der Waals surface area contributed by atoms with E-state index in [9.17, 15) is 14.7 Å². The van der Waals surface area contributed by atoms with Crippen molar-refractivity contribution in [1.82, 2.24) is 10.2 Å². The highest BCUT2D eigenvalue weighted by molar-refractivity contribution is 7.15. The van der Waals surface area contributed by atoms with E-state index < -0.39 is 17.7 Å². The van der Waals surface area contributed by atoms with Crippen LogP contribution < -0.4 is 4.90 Å². The second kappa shape index (κ2) is 7.01. The van der Waals surface area contributed by atoms with Crippen molar-refractivity contribution in [2.45, 2.75) is 19.9 Å². The second-order valence-electron chi connectivity index (χ2n) is 6.55. The van der Waals surface area contributed by atoms with Gasteiger partial charge in [-0.3, -0.25) is 14.5 Å². The van der Waals surface area contributed by atoms with Gasteiger partial charge in [0.1, 0.15) is 10.8 Å². The molecule has 1 aliphatic rings. The first-order valence-corrected chi connectivity index (χ1v) is 9.52. The number of amides is 1. The maximum atomic E-state index is 12.9. The third kappa shape index (κ3) is 2.99. The summed E-state index contributed by atoms with van der Waals surface area (Å²) in [5.74, 6) is -1.66. The normalized spacial score (nSPS) is 18.6. The van der Waals surface area contributed by atoms with Gasteiger partial charge in [0.05, 0.1) is 11.6 Å². The fraction of sp³-hybridized carbons (Fsp3) is 0.143. The number of Topliss-reactive ketones (excluding diaryl/α,β-unsaturated/α-hetero) is 1. The Labute approximate surface area is 165 Å². The molecule has 0 aliphatic carbocycles. The first kappa shape index (κ1) is 18.1. The van der Waals surface area contributed by atoms with Crippen molar-refractivity contribution < 1.29 is 14.7 Å². The van der Waals surface area contributed by atoms with Crippen LogP contribution in [0.4, 0.5) is 5.13 Å². The first-order valence-electron chi connectivity index (χ1n) is 8.70. The highest BCUT2D eigenvalue weighted by Crippen LogP contribution is 2.42. The number of aryl methyl sites for hydroxylation is 2. The van der Waals surface area contributed by atoms with Gasteiger partial charge in [-0.1, -0.05) is 71.5 Å². The lowest BCUT2D eigenvalue weighted by atomic mass is 9.95. The van der Waals surface area contributed by atoms with Gasteiger partial charge in [0, 0.05) is 5.56 Å². The predicted octanol–water partition coefficient (Wildman–Crippen LogP) is 3.78. The van der Waals surface area contributed by atoms with Crippen LogP contribution in [0, 0.1) is 13.8 Å². The van der Waals surface area contributed by atoms with Gasteiger partial charge in [0.2, 0.25) is 5.13 Å². The van der Waals surface area contributed by atoms with E-state index in [1.54, 1.807) is 31.2 Å². The molecule has 1 atom stereocenters. The molecule has 140 valence electrons. The summed E-state index contributed by atoms with van der Waals surface area (Å²) in [7, 11) is 0.